The normalized spacial score (nSPS) is 11.3. The van der Waals surface area contributed by atoms with Gasteiger partial charge in [0, 0.05) is 23.9 Å². The summed E-state index contributed by atoms with van der Waals surface area (Å²) >= 11 is 0. The molecule has 0 fully saturated rings. The fraction of sp³-hybridized carbons (Fsp3) is 0.333. The van der Waals surface area contributed by atoms with Crippen molar-refractivity contribution in [1.82, 2.24) is 20.0 Å². The number of nitrogens with one attached hydrogen (secondary N) is 1. The van der Waals surface area contributed by atoms with Gasteiger partial charge >= 0.3 is 24.3 Å². The molecule has 15 heteroatoms. The Hall–Kier alpha value is -3.88. The van der Waals surface area contributed by atoms with Gasteiger partial charge in [-0.25, -0.2) is 14.6 Å². The van der Waals surface area contributed by atoms with E-state index >= 15 is 0 Å². The maximum atomic E-state index is 10.6. The maximum Gasteiger partial charge on any atom is 0.490 e. The third kappa shape index (κ3) is 10.6. The van der Waals surface area contributed by atoms with Gasteiger partial charge in [0.25, 0.3) is 0 Å². The second-order valence-electron chi connectivity index (χ2n) is 7.24. The fourth-order valence-corrected chi connectivity index (χ4v) is 2.45. The molecular weight excluding hydrogens is 502 g/mol. The first-order valence-corrected chi connectivity index (χ1v) is 9.82. The molecule has 36 heavy (non-hydrogen) atoms. The summed E-state index contributed by atoms with van der Waals surface area (Å²) < 4.78 is 68.7. The molecule has 2 heterocycles. The van der Waals surface area contributed by atoms with E-state index in [-0.39, 0.29) is 0 Å². The van der Waals surface area contributed by atoms with E-state index in [1.54, 1.807) is 0 Å². The lowest BCUT2D eigenvalue weighted by Gasteiger charge is -2.13. The molecule has 0 amide bonds. The molecule has 3 N–H and O–H groups in total. The Morgan fingerprint density at radius 3 is 1.89 bits per heavy atom. The molecule has 0 atom stereocenters. The quantitative estimate of drug-likeness (QED) is 0.413. The minimum absolute atomic E-state index is 0.716. The number of aromatic amines is 1. The van der Waals surface area contributed by atoms with Crippen molar-refractivity contribution in [2.75, 3.05) is 7.05 Å². The van der Waals surface area contributed by atoms with Crippen LogP contribution in [0.2, 0.25) is 0 Å². The number of carboxylic acid groups (broad SMARTS) is 2. The summed E-state index contributed by atoms with van der Waals surface area (Å²) in [5.74, 6) is -3.73. The highest BCUT2D eigenvalue weighted by atomic mass is 19.4. The van der Waals surface area contributed by atoms with Gasteiger partial charge < -0.3 is 19.7 Å². The molecule has 1 aromatic carbocycles. The van der Waals surface area contributed by atoms with Crippen molar-refractivity contribution < 1.29 is 50.7 Å². The van der Waals surface area contributed by atoms with E-state index in [0.717, 1.165) is 40.8 Å². The van der Waals surface area contributed by atoms with Gasteiger partial charge in [-0.05, 0) is 20.9 Å². The lowest BCUT2D eigenvalue weighted by molar-refractivity contribution is -0.193. The maximum absolute atomic E-state index is 10.6. The van der Waals surface area contributed by atoms with Crippen LogP contribution in [-0.4, -0.2) is 61.6 Å². The van der Waals surface area contributed by atoms with Crippen LogP contribution in [0.5, 0.6) is 0 Å². The number of carboxylic acids is 2. The molecule has 3 aromatic rings. The Balaban J connectivity index is 0.000000383. The van der Waals surface area contributed by atoms with Crippen LogP contribution in [0.1, 0.15) is 22.8 Å². The van der Waals surface area contributed by atoms with Crippen LogP contribution in [0.25, 0.3) is 11.4 Å². The van der Waals surface area contributed by atoms with Gasteiger partial charge in [-0.1, -0.05) is 35.5 Å². The van der Waals surface area contributed by atoms with E-state index in [1.165, 1.54) is 0 Å². The molecular formula is C21H22F6N4O5. The van der Waals surface area contributed by atoms with Gasteiger partial charge in [0.15, 0.2) is 5.76 Å². The lowest BCUT2D eigenvalue weighted by Crippen LogP contribution is -2.21. The number of imidazole rings is 1. The Kier molecular flexibility index (Phi) is 10.6. The highest BCUT2D eigenvalue weighted by molar-refractivity contribution is 5.73. The molecule has 0 aliphatic rings. The summed E-state index contributed by atoms with van der Waals surface area (Å²) in [6.45, 7) is 5.46. The predicted octanol–water partition coefficient (Wildman–Crippen LogP) is 4.58. The zero-order valence-electron chi connectivity index (χ0n) is 19.1. The molecule has 9 nitrogen and oxygen atoms in total. The highest BCUT2D eigenvalue weighted by Crippen LogP contribution is 2.19. The number of aromatic nitrogens is 3. The molecule has 0 aliphatic heterocycles. The van der Waals surface area contributed by atoms with Crippen molar-refractivity contribution in [1.29, 1.82) is 0 Å². The molecule has 0 unspecified atom stereocenters. The number of hydrogen-bond donors (Lipinski definition) is 3. The van der Waals surface area contributed by atoms with E-state index in [4.69, 9.17) is 29.3 Å². The minimum atomic E-state index is -5.08. The summed E-state index contributed by atoms with van der Waals surface area (Å²) in [7, 11) is 2.05. The van der Waals surface area contributed by atoms with Crippen LogP contribution in [0.15, 0.2) is 40.9 Å². The monoisotopic (exact) mass is 524 g/mol. The van der Waals surface area contributed by atoms with Gasteiger partial charge in [0.1, 0.15) is 5.82 Å². The molecule has 0 radical (unpaired) electrons. The molecule has 0 aliphatic carbocycles. The van der Waals surface area contributed by atoms with Gasteiger partial charge in [-0.2, -0.15) is 26.3 Å². The van der Waals surface area contributed by atoms with Crippen LogP contribution >= 0.6 is 0 Å². The Morgan fingerprint density at radius 2 is 1.47 bits per heavy atom. The number of rotatable bonds is 5. The lowest BCUT2D eigenvalue weighted by atomic mass is 10.2. The van der Waals surface area contributed by atoms with Crippen LogP contribution in [0.3, 0.4) is 0 Å². The topological polar surface area (TPSA) is 133 Å². The average Bonchev–Trinajstić information content (AvgIpc) is 3.33. The van der Waals surface area contributed by atoms with E-state index in [0.29, 0.717) is 6.54 Å². The molecule has 3 rings (SSSR count). The van der Waals surface area contributed by atoms with Crippen molar-refractivity contribution in [3.05, 3.63) is 59.2 Å². The van der Waals surface area contributed by atoms with Gasteiger partial charge in [0.2, 0.25) is 0 Å². The summed E-state index contributed by atoms with van der Waals surface area (Å²) in [5, 5.41) is 18.2. The number of aliphatic carboxylic acids is 2. The predicted molar refractivity (Wildman–Crippen MR) is 113 cm³/mol. The molecule has 0 bridgehead atoms. The van der Waals surface area contributed by atoms with Crippen molar-refractivity contribution >= 4 is 11.9 Å². The van der Waals surface area contributed by atoms with E-state index < -0.39 is 24.3 Å². The second-order valence-corrected chi connectivity index (χ2v) is 7.24. The van der Waals surface area contributed by atoms with E-state index in [1.807, 2.05) is 38.2 Å². The van der Waals surface area contributed by atoms with Crippen molar-refractivity contribution in [2.45, 2.75) is 39.3 Å². The molecule has 198 valence electrons. The average molecular weight is 524 g/mol. The van der Waals surface area contributed by atoms with Gasteiger partial charge in [-0.3, -0.25) is 4.90 Å². The summed E-state index contributed by atoms with van der Waals surface area (Å²) in [5.41, 5.74) is 4.16. The summed E-state index contributed by atoms with van der Waals surface area (Å²) in [6.07, 6.45) is -10.2. The van der Waals surface area contributed by atoms with Crippen LogP contribution in [0, 0.1) is 13.8 Å². The third-order valence-electron chi connectivity index (χ3n) is 4.04. The van der Waals surface area contributed by atoms with Gasteiger partial charge in [0.05, 0.1) is 17.9 Å². The largest absolute Gasteiger partial charge is 0.490 e. The van der Waals surface area contributed by atoms with Gasteiger partial charge in [-0.15, -0.1) is 0 Å². The van der Waals surface area contributed by atoms with Crippen molar-refractivity contribution in [3.63, 3.8) is 0 Å². The van der Waals surface area contributed by atoms with E-state index in [2.05, 4.69) is 34.1 Å². The molecule has 0 spiro atoms. The first kappa shape index (κ1) is 30.2. The number of nitrogens with zero attached hydrogens (tertiary/aromatic N) is 3. The van der Waals surface area contributed by atoms with Crippen LogP contribution in [-0.2, 0) is 22.7 Å². The van der Waals surface area contributed by atoms with Crippen LogP contribution in [0.4, 0.5) is 26.3 Å². The Labute approximate surface area is 200 Å². The second kappa shape index (κ2) is 12.7. The minimum Gasteiger partial charge on any atom is -0.475 e. The molecule has 2 aromatic heterocycles. The van der Waals surface area contributed by atoms with E-state index in [9.17, 15) is 26.3 Å². The third-order valence-corrected chi connectivity index (χ3v) is 4.04. The molecule has 0 saturated heterocycles. The number of halogens is 6. The first-order valence-electron chi connectivity index (χ1n) is 9.82. The standard InChI is InChI=1S/C17H20N4O.2C2HF3O2/c1-12-9-15(22-20-12)10-21(3)11-16-13(2)18-17(19-16)14-7-5-4-6-8-14;2*3-2(4,5)1(6)7/h4-9H,10-11H2,1-3H3,(H,18,19);2*(H,6,7). The number of benzene rings is 1. The first-order chi connectivity index (χ1) is 16.5. The van der Waals surface area contributed by atoms with Crippen molar-refractivity contribution in [3.8, 4) is 11.4 Å². The smallest absolute Gasteiger partial charge is 0.475 e. The highest BCUT2D eigenvalue weighted by Gasteiger charge is 2.38. The van der Waals surface area contributed by atoms with Crippen molar-refractivity contribution in [2.24, 2.45) is 0 Å². The number of hydrogen-bond acceptors (Lipinski definition) is 6. The summed E-state index contributed by atoms with van der Waals surface area (Å²) in [4.78, 5) is 28.0. The molecule has 0 saturated carbocycles. The van der Waals surface area contributed by atoms with Crippen LogP contribution < -0.4 is 0 Å². The number of alkyl halides is 6. The zero-order chi connectivity index (χ0) is 27.7. The zero-order valence-corrected chi connectivity index (χ0v) is 19.1. The fourth-order valence-electron chi connectivity index (χ4n) is 2.45. The Morgan fingerprint density at radius 1 is 0.972 bits per heavy atom. The Bertz CT molecular complexity index is 1100. The number of H-pyrrole nitrogens is 1. The summed E-state index contributed by atoms with van der Waals surface area (Å²) in [6, 6.07) is 12.1. The number of aryl methyl sites for hydroxylation is 2. The SMILES string of the molecule is Cc1cc(CN(C)Cc2nc(-c3ccccc3)[nH]c2C)on1.O=C(O)C(F)(F)F.O=C(O)C(F)(F)F. The number of carbonyl (C=O) groups is 2.